The molecule has 8 nitrogen and oxygen atoms in total. The molecule has 0 N–H and O–H groups in total. The van der Waals surface area contributed by atoms with Crippen molar-refractivity contribution in [3.8, 4) is 119 Å². The van der Waals surface area contributed by atoms with Crippen LogP contribution in [-0.2, 0) is 6.18 Å². The van der Waals surface area contributed by atoms with Crippen molar-refractivity contribution < 1.29 is 13.2 Å². The van der Waals surface area contributed by atoms with Crippen molar-refractivity contribution in [3.05, 3.63) is 320 Å². The number of halogens is 3. The lowest BCUT2D eigenvalue weighted by atomic mass is 9.96. The molecule has 94 heavy (non-hydrogen) atoms. The highest BCUT2D eigenvalue weighted by Gasteiger charge is 2.33. The molecule has 6 heterocycles. The number of alkyl halides is 3. The summed E-state index contributed by atoms with van der Waals surface area (Å²) in [5, 5.41) is 13.9. The summed E-state index contributed by atoms with van der Waals surface area (Å²) < 4.78 is 50.0. The molecule has 0 radical (unpaired) electrons. The van der Waals surface area contributed by atoms with E-state index < -0.39 is 11.7 Å². The van der Waals surface area contributed by atoms with Crippen LogP contribution in [0.4, 0.5) is 18.9 Å². The molecule has 6 aromatic heterocycles. The summed E-state index contributed by atoms with van der Waals surface area (Å²) in [7, 11) is 0. The van der Waals surface area contributed by atoms with Crippen molar-refractivity contribution >= 4 is 49.3 Å². The van der Waals surface area contributed by atoms with Gasteiger partial charge in [0.2, 0.25) is 5.69 Å². The fourth-order valence-corrected chi connectivity index (χ4v) is 13.0. The summed E-state index contributed by atoms with van der Waals surface area (Å²) in [6.45, 7) is 9.70. The SMILES string of the molecule is [C-]#[N+]c1c(-n2c3cc(-c4cccc(-c5ccccc5)n4)ccc3c3ccc(-c4cccc(-c5ccccc5)n4)cc32)ccc(-c2cc(C#N)cc(C(F)(F)F)c2)c1-n1c2cc(-c3cccc(-c4ccccc4)n3)ccc2c2ccc(-c3cccc(-c4ccccc4)n3)cc21. The lowest BCUT2D eigenvalue weighted by molar-refractivity contribution is -0.137. The summed E-state index contributed by atoms with van der Waals surface area (Å²) in [4.78, 5) is 25.4. The molecule has 442 valence electrons. The van der Waals surface area contributed by atoms with Crippen molar-refractivity contribution in [1.82, 2.24) is 29.1 Å². The van der Waals surface area contributed by atoms with E-state index in [1.807, 2.05) is 247 Å². The Labute approximate surface area is 538 Å². The van der Waals surface area contributed by atoms with Crippen molar-refractivity contribution in [2.24, 2.45) is 0 Å². The van der Waals surface area contributed by atoms with Gasteiger partial charge in [-0.2, -0.15) is 18.4 Å². The van der Waals surface area contributed by atoms with Crippen LogP contribution >= 0.6 is 0 Å². The molecule has 10 aromatic carbocycles. The van der Waals surface area contributed by atoms with E-state index in [-0.39, 0.29) is 22.4 Å². The number of hydrogen-bond acceptors (Lipinski definition) is 5. The van der Waals surface area contributed by atoms with E-state index in [1.54, 1.807) is 6.07 Å². The van der Waals surface area contributed by atoms with Crippen LogP contribution in [0.5, 0.6) is 0 Å². The third-order valence-electron chi connectivity index (χ3n) is 17.4. The average molecular weight is 1220 g/mol. The van der Waals surface area contributed by atoms with Crippen LogP contribution in [0.15, 0.2) is 297 Å². The van der Waals surface area contributed by atoms with E-state index in [2.05, 4.69) is 45.8 Å². The van der Waals surface area contributed by atoms with Gasteiger partial charge in [0.15, 0.2) is 0 Å². The molecule has 0 aliphatic rings. The highest BCUT2D eigenvalue weighted by molar-refractivity contribution is 6.14. The maximum Gasteiger partial charge on any atom is 0.416 e. The van der Waals surface area contributed by atoms with E-state index >= 15 is 13.2 Å². The van der Waals surface area contributed by atoms with Gasteiger partial charge in [-0.3, -0.25) is 0 Å². The molecule has 0 amide bonds. The standard InChI is InChI=1S/C83H49F3N8/c1-88-81-76(93-77-47-57(72-30-14-26-68(89-72)53-18-6-2-7-19-53)34-38-64(77)65-39-35-58(48-78(65)93)73-31-15-27-69(90-73)54-20-8-3-9-21-54)43-42-63(61-44-52(51-87)45-62(46-61)83(84,85)86)82(81)94-79-49-59(74-32-16-28-70(91-74)55-22-10-4-11-23-55)36-40-66(79)67-41-37-60(50-80(67)94)75-33-17-29-71(92-75)56-24-12-5-13-25-56/h2-50H. The second kappa shape index (κ2) is 23.2. The number of hydrogen-bond donors (Lipinski definition) is 0. The fourth-order valence-electron chi connectivity index (χ4n) is 13.0. The van der Waals surface area contributed by atoms with E-state index in [4.69, 9.17) is 19.9 Å². The van der Waals surface area contributed by atoms with E-state index in [9.17, 15) is 11.8 Å². The smallest absolute Gasteiger partial charge is 0.319 e. The Balaban J connectivity index is 1.02. The second-order valence-corrected chi connectivity index (χ2v) is 23.0. The molecule has 0 spiro atoms. The zero-order chi connectivity index (χ0) is 63.4. The van der Waals surface area contributed by atoms with Gasteiger partial charge in [0.25, 0.3) is 0 Å². The quantitative estimate of drug-likeness (QED) is 0.120. The van der Waals surface area contributed by atoms with Crippen molar-refractivity contribution in [3.63, 3.8) is 0 Å². The van der Waals surface area contributed by atoms with E-state index in [1.165, 1.54) is 6.07 Å². The van der Waals surface area contributed by atoms with Crippen LogP contribution in [0.1, 0.15) is 11.1 Å². The number of rotatable bonds is 11. The molecule has 16 aromatic rings. The van der Waals surface area contributed by atoms with Crippen LogP contribution in [0.3, 0.4) is 0 Å². The van der Waals surface area contributed by atoms with Crippen LogP contribution in [0.2, 0.25) is 0 Å². The number of nitrogens with zero attached hydrogens (tertiary/aromatic N) is 8. The van der Waals surface area contributed by atoms with Gasteiger partial charge >= 0.3 is 6.18 Å². The van der Waals surface area contributed by atoms with Crippen LogP contribution < -0.4 is 0 Å². The average Bonchev–Trinajstić information content (AvgIpc) is 1.54. The van der Waals surface area contributed by atoms with Crippen molar-refractivity contribution in [2.75, 3.05) is 0 Å². The largest absolute Gasteiger partial charge is 0.416 e. The molecular formula is C83H49F3N8. The first-order valence-electron chi connectivity index (χ1n) is 30.6. The van der Waals surface area contributed by atoms with Gasteiger partial charge < -0.3 is 9.13 Å². The number of pyridine rings is 4. The van der Waals surface area contributed by atoms with Gasteiger partial charge in [0.05, 0.1) is 103 Å². The summed E-state index contributed by atoms with van der Waals surface area (Å²) >= 11 is 0. The highest BCUT2D eigenvalue weighted by atomic mass is 19.4. The Morgan fingerprint density at radius 1 is 0.330 bits per heavy atom. The summed E-state index contributed by atoms with van der Waals surface area (Å²) in [6, 6.07) is 97.4. The third-order valence-corrected chi connectivity index (χ3v) is 17.4. The molecular weight excluding hydrogens is 1170 g/mol. The third kappa shape index (κ3) is 10.2. The zero-order valence-corrected chi connectivity index (χ0v) is 50.0. The highest BCUT2D eigenvalue weighted by Crippen LogP contribution is 2.49. The minimum Gasteiger partial charge on any atom is -0.319 e. The number of nitriles is 1. The molecule has 0 unspecified atom stereocenters. The summed E-state index contributed by atoms with van der Waals surface area (Å²) in [6.07, 6.45) is -4.83. The second-order valence-electron chi connectivity index (χ2n) is 23.0. The van der Waals surface area contributed by atoms with Gasteiger partial charge in [-0.05, 0) is 108 Å². The summed E-state index contributed by atoms with van der Waals surface area (Å²) in [5.74, 6) is 0. The Morgan fingerprint density at radius 2 is 0.660 bits per heavy atom. The lowest BCUT2D eigenvalue weighted by Gasteiger charge is -2.21. The van der Waals surface area contributed by atoms with E-state index in [0.29, 0.717) is 33.8 Å². The van der Waals surface area contributed by atoms with E-state index in [0.717, 1.165) is 123 Å². The fraction of sp³-hybridized carbons (Fsp3) is 0.0120. The predicted octanol–water partition coefficient (Wildman–Crippen LogP) is 21.9. The topological polar surface area (TPSA) is 89.6 Å². The molecule has 0 fully saturated rings. The zero-order valence-electron chi connectivity index (χ0n) is 50.0. The molecule has 16 rings (SSSR count). The minimum absolute atomic E-state index is 0.0927. The molecule has 0 saturated carbocycles. The van der Waals surface area contributed by atoms with Gasteiger partial charge in [-0.15, -0.1) is 0 Å². The van der Waals surface area contributed by atoms with Crippen LogP contribution in [-0.4, -0.2) is 29.1 Å². The van der Waals surface area contributed by atoms with Gasteiger partial charge in [-0.25, -0.2) is 24.8 Å². The van der Waals surface area contributed by atoms with Gasteiger partial charge in [-0.1, -0.05) is 200 Å². The Morgan fingerprint density at radius 3 is 0.979 bits per heavy atom. The normalized spacial score (nSPS) is 11.5. The Kier molecular flexibility index (Phi) is 13.9. The van der Waals surface area contributed by atoms with Crippen LogP contribution in [0, 0.1) is 17.9 Å². The number of aromatic nitrogens is 6. The monoisotopic (exact) mass is 1210 g/mol. The van der Waals surface area contributed by atoms with Crippen molar-refractivity contribution in [1.29, 1.82) is 5.26 Å². The molecule has 0 atom stereocenters. The number of benzene rings is 10. The molecule has 0 aliphatic carbocycles. The minimum atomic E-state index is -4.83. The molecule has 0 aliphatic heterocycles. The molecule has 11 heteroatoms. The first-order valence-corrected chi connectivity index (χ1v) is 30.6. The van der Waals surface area contributed by atoms with Crippen molar-refractivity contribution in [2.45, 2.75) is 6.18 Å². The summed E-state index contributed by atoms with van der Waals surface area (Å²) in [5.41, 5.74) is 15.8. The first kappa shape index (κ1) is 56.4. The molecule has 0 saturated heterocycles. The van der Waals surface area contributed by atoms with Crippen LogP contribution in [0.25, 0.3) is 161 Å². The Hall–Kier alpha value is -12.8. The first-order chi connectivity index (χ1) is 46.1. The maximum absolute atomic E-state index is 15.3. The Bertz CT molecular complexity index is 5470. The predicted molar refractivity (Wildman–Crippen MR) is 371 cm³/mol. The van der Waals surface area contributed by atoms with Gasteiger partial charge in [0, 0.05) is 66.1 Å². The molecule has 0 bridgehead atoms. The maximum atomic E-state index is 15.3. The number of fused-ring (bicyclic) bond motifs is 6. The lowest BCUT2D eigenvalue weighted by Crippen LogP contribution is -2.07. The van der Waals surface area contributed by atoms with Gasteiger partial charge in [0.1, 0.15) is 0 Å².